The molecule has 11 heteroatoms. The summed E-state index contributed by atoms with van der Waals surface area (Å²) in [7, 11) is 1.53. The third kappa shape index (κ3) is 4.70. The molecule has 0 spiro atoms. The molecule has 3 aromatic heterocycles. The number of aryl methyl sites for hydroxylation is 3. The molecule has 40 heavy (non-hydrogen) atoms. The number of ketones is 1. The lowest BCUT2D eigenvalue weighted by Crippen LogP contribution is -2.29. The number of aliphatic hydroxyl groups excluding tert-OH is 1. The molecule has 1 unspecified atom stereocenters. The van der Waals surface area contributed by atoms with Crippen molar-refractivity contribution in [1.82, 2.24) is 19.6 Å². The van der Waals surface area contributed by atoms with Crippen LogP contribution in [0, 0.1) is 20.8 Å². The number of nitrogens with zero attached hydrogens (tertiary/aromatic N) is 5. The van der Waals surface area contributed by atoms with Crippen molar-refractivity contribution in [3.8, 4) is 11.5 Å². The molecule has 0 radical (unpaired) electrons. The molecule has 1 N–H and O–H groups in total. The van der Waals surface area contributed by atoms with Crippen molar-refractivity contribution in [1.29, 1.82) is 0 Å². The highest BCUT2D eigenvalue weighted by atomic mass is 32.1. The van der Waals surface area contributed by atoms with Crippen molar-refractivity contribution in [2.75, 3.05) is 18.6 Å². The molecule has 4 heterocycles. The first-order valence-electron chi connectivity index (χ1n) is 13.1. The van der Waals surface area contributed by atoms with Crippen LogP contribution < -0.4 is 14.4 Å². The lowest BCUT2D eigenvalue weighted by molar-refractivity contribution is -0.132. The first kappa shape index (κ1) is 27.3. The average molecular weight is 562 g/mol. The van der Waals surface area contributed by atoms with E-state index in [1.54, 1.807) is 32.0 Å². The van der Waals surface area contributed by atoms with Crippen LogP contribution in [0.1, 0.15) is 59.8 Å². The van der Waals surface area contributed by atoms with Crippen LogP contribution >= 0.6 is 11.3 Å². The average Bonchev–Trinajstić information content (AvgIpc) is 3.61. The number of methoxy groups -OCH3 is 1. The zero-order valence-electron chi connectivity index (χ0n) is 23.1. The van der Waals surface area contributed by atoms with E-state index in [4.69, 9.17) is 9.47 Å². The van der Waals surface area contributed by atoms with Gasteiger partial charge in [-0.2, -0.15) is 0 Å². The number of unbranched alkanes of at least 4 members (excludes halogenated alkanes) is 2. The van der Waals surface area contributed by atoms with Crippen molar-refractivity contribution >= 4 is 39.6 Å². The van der Waals surface area contributed by atoms with Gasteiger partial charge < -0.3 is 19.0 Å². The maximum absolute atomic E-state index is 13.6. The quantitative estimate of drug-likeness (QED) is 0.126. The van der Waals surface area contributed by atoms with E-state index in [0.717, 1.165) is 24.8 Å². The van der Waals surface area contributed by atoms with Crippen LogP contribution in [0.5, 0.6) is 11.5 Å². The van der Waals surface area contributed by atoms with Crippen LogP contribution in [-0.4, -0.2) is 50.1 Å². The molecule has 1 saturated heterocycles. The van der Waals surface area contributed by atoms with E-state index in [1.165, 1.54) is 23.3 Å². The maximum Gasteiger partial charge on any atom is 0.301 e. The van der Waals surface area contributed by atoms with Crippen LogP contribution in [-0.2, 0) is 9.59 Å². The lowest BCUT2D eigenvalue weighted by Gasteiger charge is -2.23. The third-order valence-corrected chi connectivity index (χ3v) is 7.82. The Balaban J connectivity index is 1.67. The molecule has 10 nitrogen and oxygen atoms in total. The summed E-state index contributed by atoms with van der Waals surface area (Å²) in [5, 5.41) is 20.7. The zero-order valence-corrected chi connectivity index (χ0v) is 23.9. The fourth-order valence-corrected chi connectivity index (χ4v) is 5.62. The molecule has 0 aliphatic carbocycles. The van der Waals surface area contributed by atoms with Crippen molar-refractivity contribution in [2.45, 2.75) is 53.0 Å². The van der Waals surface area contributed by atoms with Gasteiger partial charge in [-0.15, -0.1) is 10.2 Å². The number of Topliss-reactive ketones (excluding diaryl/α,β-unsaturated/α-hetero) is 1. The topological polar surface area (TPSA) is 119 Å². The number of pyridine rings is 1. The van der Waals surface area contributed by atoms with Crippen molar-refractivity contribution in [3.05, 3.63) is 69.6 Å². The molecule has 4 aromatic rings. The van der Waals surface area contributed by atoms with Crippen LogP contribution in [0.15, 0.2) is 42.1 Å². The third-order valence-electron chi connectivity index (χ3n) is 6.98. The van der Waals surface area contributed by atoms with E-state index in [9.17, 15) is 14.7 Å². The van der Waals surface area contributed by atoms with Crippen molar-refractivity contribution < 1.29 is 24.2 Å². The molecule has 1 amide bonds. The number of benzene rings is 1. The Labute approximate surface area is 235 Å². The summed E-state index contributed by atoms with van der Waals surface area (Å²) < 4.78 is 13.4. The van der Waals surface area contributed by atoms with Gasteiger partial charge in [0.1, 0.15) is 16.3 Å². The fraction of sp³-hybridized carbons (Fsp3) is 0.345. The molecular weight excluding hydrogens is 530 g/mol. The summed E-state index contributed by atoms with van der Waals surface area (Å²) in [6, 6.07) is 8.06. The van der Waals surface area contributed by atoms with Gasteiger partial charge in [0.25, 0.3) is 5.78 Å². The summed E-state index contributed by atoms with van der Waals surface area (Å²) in [6.07, 6.45) is 4.88. The fourth-order valence-electron chi connectivity index (χ4n) is 4.91. The van der Waals surface area contributed by atoms with E-state index < -0.39 is 17.7 Å². The molecule has 0 bridgehead atoms. The first-order chi connectivity index (χ1) is 19.3. The van der Waals surface area contributed by atoms with E-state index in [1.807, 2.05) is 29.7 Å². The smallest absolute Gasteiger partial charge is 0.301 e. The second-order valence-corrected chi connectivity index (χ2v) is 10.8. The summed E-state index contributed by atoms with van der Waals surface area (Å²) in [4.78, 5) is 33.0. The number of anilines is 1. The molecule has 1 atom stereocenters. The largest absolute Gasteiger partial charge is 0.505 e. The Morgan fingerprint density at radius 1 is 1.10 bits per heavy atom. The number of aliphatic hydroxyl groups is 1. The van der Waals surface area contributed by atoms with Crippen LogP contribution in [0.3, 0.4) is 0 Å². The number of aromatic nitrogens is 4. The van der Waals surface area contributed by atoms with Gasteiger partial charge in [0.05, 0.1) is 31.0 Å². The van der Waals surface area contributed by atoms with Gasteiger partial charge in [0.15, 0.2) is 17.3 Å². The molecule has 208 valence electrons. The van der Waals surface area contributed by atoms with E-state index in [2.05, 4.69) is 22.1 Å². The van der Waals surface area contributed by atoms with E-state index in [-0.39, 0.29) is 22.2 Å². The van der Waals surface area contributed by atoms with Gasteiger partial charge in [-0.3, -0.25) is 14.5 Å². The summed E-state index contributed by atoms with van der Waals surface area (Å²) >= 11 is 1.19. The highest BCUT2D eigenvalue weighted by molar-refractivity contribution is 7.15. The minimum atomic E-state index is -0.985. The molecule has 0 saturated carbocycles. The van der Waals surface area contributed by atoms with Gasteiger partial charge in [-0.25, -0.2) is 4.98 Å². The maximum atomic E-state index is 13.6. The SMILES string of the molecule is CCCCCOc1ccc(C2/C(=C(\O)c3nc4c(C)cccn4c3C)C(=O)C(=O)N2c2nnc(C)s2)cc1OC. The highest BCUT2D eigenvalue weighted by Gasteiger charge is 2.49. The van der Waals surface area contributed by atoms with Gasteiger partial charge in [-0.1, -0.05) is 43.2 Å². The van der Waals surface area contributed by atoms with Gasteiger partial charge >= 0.3 is 5.91 Å². The highest BCUT2D eigenvalue weighted by Crippen LogP contribution is 2.45. The molecule has 1 fully saturated rings. The number of imidazole rings is 1. The summed E-state index contributed by atoms with van der Waals surface area (Å²) in [6.45, 7) is 8.16. The Hall–Kier alpha value is -4.25. The molecular formula is C29H31N5O5S. The van der Waals surface area contributed by atoms with E-state index >= 15 is 0 Å². The predicted molar refractivity (Wildman–Crippen MR) is 152 cm³/mol. The van der Waals surface area contributed by atoms with Crippen LogP contribution in [0.25, 0.3) is 11.4 Å². The van der Waals surface area contributed by atoms with Crippen LogP contribution in [0.2, 0.25) is 0 Å². The molecule has 1 aliphatic rings. The number of ether oxygens (including phenoxy) is 2. The Bertz CT molecular complexity index is 1640. The number of carbonyl (C=O) groups is 2. The molecule has 1 aromatic carbocycles. The Kier molecular flexibility index (Phi) is 7.57. The number of hydrogen-bond donors (Lipinski definition) is 1. The minimum absolute atomic E-state index is 0.0827. The van der Waals surface area contributed by atoms with Crippen LogP contribution in [0.4, 0.5) is 5.13 Å². The van der Waals surface area contributed by atoms with Gasteiger partial charge in [-0.05, 0) is 56.5 Å². The first-order valence-corrected chi connectivity index (χ1v) is 13.9. The summed E-state index contributed by atoms with van der Waals surface area (Å²) in [5.74, 6) is -0.988. The monoisotopic (exact) mass is 561 g/mol. The number of carbonyl (C=O) groups excluding carboxylic acids is 2. The second kappa shape index (κ2) is 11.1. The minimum Gasteiger partial charge on any atom is -0.505 e. The molecule has 5 rings (SSSR count). The van der Waals surface area contributed by atoms with Gasteiger partial charge in [0, 0.05) is 6.20 Å². The molecule has 1 aliphatic heterocycles. The number of rotatable bonds is 9. The van der Waals surface area contributed by atoms with Gasteiger partial charge in [0.2, 0.25) is 5.13 Å². The van der Waals surface area contributed by atoms with Crippen molar-refractivity contribution in [3.63, 3.8) is 0 Å². The number of amides is 1. The number of fused-ring (bicyclic) bond motifs is 1. The standard InChI is InChI=1S/C29H31N5O5S/c1-6-7-8-14-39-20-12-11-19(15-21(20)38-5)24-22(26(36)28(37)34(24)29-32-31-18(4)40-29)25(35)23-17(3)33-13-9-10-16(2)27(33)30-23/h9-13,15,24,35H,6-8,14H2,1-5H3/b25-22+. The summed E-state index contributed by atoms with van der Waals surface area (Å²) in [5.41, 5.74) is 2.89. The van der Waals surface area contributed by atoms with E-state index in [0.29, 0.717) is 40.0 Å². The van der Waals surface area contributed by atoms with Crippen molar-refractivity contribution in [2.24, 2.45) is 0 Å². The second-order valence-electron chi connectivity index (χ2n) is 9.67. The lowest BCUT2D eigenvalue weighted by atomic mass is 9.96. The number of hydrogen-bond acceptors (Lipinski definition) is 9. The zero-order chi connectivity index (χ0) is 28.6. The normalized spacial score (nSPS) is 16.7. The Morgan fingerprint density at radius 3 is 2.58 bits per heavy atom. The Morgan fingerprint density at radius 2 is 1.90 bits per heavy atom. The predicted octanol–water partition coefficient (Wildman–Crippen LogP) is 5.31.